The predicted octanol–water partition coefficient (Wildman–Crippen LogP) is 4.89. The molecule has 2 aliphatic rings. The van der Waals surface area contributed by atoms with Gasteiger partial charge in [0.05, 0.1) is 0 Å². The molecule has 1 fully saturated rings. The second kappa shape index (κ2) is 9.25. The molecule has 0 bridgehead atoms. The second-order valence-electron chi connectivity index (χ2n) is 8.81. The molecule has 2 heterocycles. The molecule has 0 unspecified atom stereocenters. The van der Waals surface area contributed by atoms with Crippen LogP contribution in [-0.4, -0.2) is 28.2 Å². The molecule has 1 saturated carbocycles. The van der Waals surface area contributed by atoms with Gasteiger partial charge in [0, 0.05) is 48.3 Å². The molecule has 5 rings (SSSR count). The predicted molar refractivity (Wildman–Crippen MR) is 126 cm³/mol. The summed E-state index contributed by atoms with van der Waals surface area (Å²) in [5.41, 5.74) is 4.18. The number of amides is 2. The number of carbonyl (C=O) groups is 2. The smallest absolute Gasteiger partial charge is 0.254 e. The number of benzene rings is 2. The summed E-state index contributed by atoms with van der Waals surface area (Å²) in [4.78, 5) is 31.6. The van der Waals surface area contributed by atoms with Crippen LogP contribution in [0.25, 0.3) is 10.6 Å². The van der Waals surface area contributed by atoms with Gasteiger partial charge in [-0.3, -0.25) is 9.59 Å². The monoisotopic (exact) mass is 445 g/mol. The van der Waals surface area contributed by atoms with E-state index in [-0.39, 0.29) is 17.7 Å². The summed E-state index contributed by atoms with van der Waals surface area (Å²) >= 11 is 1.62. The lowest BCUT2D eigenvalue weighted by Crippen LogP contribution is -2.36. The van der Waals surface area contributed by atoms with Crippen LogP contribution < -0.4 is 5.32 Å². The van der Waals surface area contributed by atoms with Crippen LogP contribution in [0.2, 0.25) is 0 Å². The number of thiazole rings is 1. The van der Waals surface area contributed by atoms with E-state index in [2.05, 4.69) is 34.6 Å². The molecule has 0 radical (unpaired) electrons. The minimum Gasteiger partial charge on any atom is -0.352 e. The third-order valence-electron chi connectivity index (χ3n) is 6.69. The van der Waals surface area contributed by atoms with E-state index < -0.39 is 0 Å². The number of fused-ring (bicyclic) bond motifs is 1. The number of rotatable bonds is 6. The van der Waals surface area contributed by atoms with Crippen LogP contribution in [0.1, 0.15) is 47.2 Å². The molecule has 6 heteroatoms. The Hall–Kier alpha value is -2.99. The van der Waals surface area contributed by atoms with Crippen LogP contribution in [0.4, 0.5) is 0 Å². The van der Waals surface area contributed by atoms with Crippen molar-refractivity contribution in [2.45, 2.75) is 38.8 Å². The summed E-state index contributed by atoms with van der Waals surface area (Å²) in [6, 6.07) is 16.1. The van der Waals surface area contributed by atoms with E-state index >= 15 is 0 Å². The Morgan fingerprint density at radius 2 is 1.84 bits per heavy atom. The maximum Gasteiger partial charge on any atom is 0.254 e. The molecule has 164 valence electrons. The molecule has 32 heavy (non-hydrogen) atoms. The number of carbonyl (C=O) groups excluding carboxylic acids is 2. The van der Waals surface area contributed by atoms with Gasteiger partial charge in [0.2, 0.25) is 5.91 Å². The lowest BCUT2D eigenvalue weighted by Gasteiger charge is -2.30. The van der Waals surface area contributed by atoms with Gasteiger partial charge in [-0.15, -0.1) is 11.3 Å². The number of nitrogens with zero attached hydrogens (tertiary/aromatic N) is 2. The molecular formula is C26H27N3O2S. The first-order valence-electron chi connectivity index (χ1n) is 11.3. The Kier molecular flexibility index (Phi) is 6.04. The molecule has 3 aromatic rings. The topological polar surface area (TPSA) is 62.3 Å². The first-order valence-corrected chi connectivity index (χ1v) is 12.2. The van der Waals surface area contributed by atoms with Crippen LogP contribution >= 0.6 is 11.3 Å². The fraction of sp³-hybridized carbons (Fsp3) is 0.346. The van der Waals surface area contributed by atoms with Gasteiger partial charge in [0.15, 0.2) is 0 Å². The van der Waals surface area contributed by atoms with Crippen LogP contribution in [0.15, 0.2) is 60.1 Å². The van der Waals surface area contributed by atoms with Crippen LogP contribution in [0.5, 0.6) is 0 Å². The summed E-state index contributed by atoms with van der Waals surface area (Å²) in [7, 11) is 0. The zero-order valence-electron chi connectivity index (χ0n) is 18.0. The molecule has 2 aromatic carbocycles. The number of aromatic nitrogens is 1. The third-order valence-corrected chi connectivity index (χ3v) is 7.51. The lowest BCUT2D eigenvalue weighted by atomic mass is 9.81. The van der Waals surface area contributed by atoms with Gasteiger partial charge in [-0.1, -0.05) is 42.5 Å². The molecule has 5 nitrogen and oxygen atoms in total. The standard InChI is InChI=1S/C26H27N3O2S/c30-24(28-15-18-5-11-21(12-6-18)25-27-13-14-32-25)20-9-7-19(8-10-20)16-29-17-22-3-1-2-4-23(22)26(29)31/h1-6,11-14,19-20H,7-10,15-17H2,(H,28,30). The second-order valence-corrected chi connectivity index (χ2v) is 9.71. The molecule has 1 aliphatic carbocycles. The molecule has 1 aliphatic heterocycles. The van der Waals surface area contributed by atoms with Gasteiger partial charge >= 0.3 is 0 Å². The van der Waals surface area contributed by atoms with Crippen LogP contribution in [0, 0.1) is 11.8 Å². The average molecular weight is 446 g/mol. The van der Waals surface area contributed by atoms with Gasteiger partial charge in [-0.2, -0.15) is 0 Å². The molecule has 0 atom stereocenters. The highest BCUT2D eigenvalue weighted by Crippen LogP contribution is 2.32. The van der Waals surface area contributed by atoms with Gasteiger partial charge in [-0.25, -0.2) is 4.98 Å². The summed E-state index contributed by atoms with van der Waals surface area (Å²) < 4.78 is 0. The molecule has 1 aromatic heterocycles. The maximum absolute atomic E-state index is 12.7. The molecule has 1 N–H and O–H groups in total. The summed E-state index contributed by atoms with van der Waals surface area (Å²) in [5.74, 6) is 0.862. The molecule has 0 spiro atoms. The van der Waals surface area contributed by atoms with Gasteiger partial charge in [-0.05, 0) is 48.8 Å². The maximum atomic E-state index is 12.7. The Balaban J connectivity index is 1.07. The Morgan fingerprint density at radius 1 is 1.06 bits per heavy atom. The summed E-state index contributed by atoms with van der Waals surface area (Å²) in [6.45, 7) is 2.07. The molecule has 0 saturated heterocycles. The van der Waals surface area contributed by atoms with Crippen molar-refractivity contribution in [3.63, 3.8) is 0 Å². The summed E-state index contributed by atoms with van der Waals surface area (Å²) in [6.07, 6.45) is 5.61. The van der Waals surface area contributed by atoms with E-state index in [1.807, 2.05) is 40.7 Å². The zero-order chi connectivity index (χ0) is 21.9. The highest BCUT2D eigenvalue weighted by atomic mass is 32.1. The highest BCUT2D eigenvalue weighted by Gasteiger charge is 2.31. The van der Waals surface area contributed by atoms with Gasteiger partial charge in [0.1, 0.15) is 5.01 Å². The fourth-order valence-electron chi connectivity index (χ4n) is 4.85. The largest absolute Gasteiger partial charge is 0.352 e. The van der Waals surface area contributed by atoms with Crippen molar-refractivity contribution >= 4 is 23.2 Å². The van der Waals surface area contributed by atoms with E-state index in [1.165, 1.54) is 0 Å². The number of nitrogens with one attached hydrogen (secondary N) is 1. The van der Waals surface area contributed by atoms with Crippen molar-refractivity contribution < 1.29 is 9.59 Å². The quantitative estimate of drug-likeness (QED) is 0.588. The Labute approximate surface area is 192 Å². The van der Waals surface area contributed by atoms with Crippen molar-refractivity contribution in [3.05, 3.63) is 76.8 Å². The van der Waals surface area contributed by atoms with Gasteiger partial charge in [0.25, 0.3) is 5.91 Å². The Bertz CT molecular complexity index is 1090. The normalized spacial score (nSPS) is 20.2. The minimum absolute atomic E-state index is 0.0762. The Morgan fingerprint density at radius 3 is 2.56 bits per heavy atom. The van der Waals surface area contributed by atoms with E-state index in [4.69, 9.17) is 0 Å². The lowest BCUT2D eigenvalue weighted by molar-refractivity contribution is -0.126. The van der Waals surface area contributed by atoms with Crippen molar-refractivity contribution in [1.82, 2.24) is 15.2 Å². The minimum atomic E-state index is 0.0762. The van der Waals surface area contributed by atoms with Gasteiger partial charge < -0.3 is 10.2 Å². The zero-order valence-corrected chi connectivity index (χ0v) is 18.8. The first-order chi connectivity index (χ1) is 15.7. The van der Waals surface area contributed by atoms with Crippen LogP contribution in [-0.2, 0) is 17.9 Å². The SMILES string of the molecule is O=C(NCc1ccc(-c2nccs2)cc1)C1CCC(CN2Cc3ccccc3C2=O)CC1. The van der Waals surface area contributed by atoms with E-state index in [9.17, 15) is 9.59 Å². The van der Waals surface area contributed by atoms with Crippen molar-refractivity contribution in [3.8, 4) is 10.6 Å². The number of hydrogen-bond donors (Lipinski definition) is 1. The third kappa shape index (κ3) is 4.46. The first kappa shape index (κ1) is 20.9. The van der Waals surface area contributed by atoms with E-state index in [0.717, 1.165) is 66.0 Å². The molecular weight excluding hydrogens is 418 g/mol. The highest BCUT2D eigenvalue weighted by molar-refractivity contribution is 7.13. The van der Waals surface area contributed by atoms with E-state index in [1.54, 1.807) is 11.3 Å². The van der Waals surface area contributed by atoms with E-state index in [0.29, 0.717) is 12.5 Å². The number of hydrogen-bond acceptors (Lipinski definition) is 4. The summed E-state index contributed by atoms with van der Waals surface area (Å²) in [5, 5.41) is 6.10. The molecule has 2 amide bonds. The average Bonchev–Trinajstić information content (AvgIpc) is 3.47. The van der Waals surface area contributed by atoms with Crippen LogP contribution in [0.3, 0.4) is 0 Å². The van der Waals surface area contributed by atoms with Crippen molar-refractivity contribution in [2.24, 2.45) is 11.8 Å². The van der Waals surface area contributed by atoms with Crippen molar-refractivity contribution in [1.29, 1.82) is 0 Å². The van der Waals surface area contributed by atoms with Crippen molar-refractivity contribution in [2.75, 3.05) is 6.54 Å². The fourth-order valence-corrected chi connectivity index (χ4v) is 5.49.